The molecule has 10 nitrogen and oxygen atoms in total. The highest BCUT2D eigenvalue weighted by Gasteiger charge is 2.29. The maximum atomic E-state index is 12.1. The Morgan fingerprint density at radius 3 is 2.03 bits per heavy atom. The van der Waals surface area contributed by atoms with Crippen LogP contribution in [-0.4, -0.2) is 67.9 Å². The van der Waals surface area contributed by atoms with Crippen LogP contribution in [0.2, 0.25) is 0 Å². The van der Waals surface area contributed by atoms with Crippen LogP contribution in [-0.2, 0) is 23.9 Å². The van der Waals surface area contributed by atoms with Crippen LogP contribution in [0.15, 0.2) is 48.5 Å². The van der Waals surface area contributed by atoms with E-state index in [9.17, 15) is 19.2 Å². The molecule has 34 heavy (non-hydrogen) atoms. The van der Waals surface area contributed by atoms with Gasteiger partial charge in [0.25, 0.3) is 0 Å². The molecule has 180 valence electrons. The Balaban J connectivity index is 1.43. The van der Waals surface area contributed by atoms with Crippen molar-refractivity contribution in [1.82, 2.24) is 16.0 Å². The van der Waals surface area contributed by atoms with Crippen LogP contribution in [0.1, 0.15) is 24.0 Å². The summed E-state index contributed by atoms with van der Waals surface area (Å²) in [7, 11) is 1.32. The number of ether oxygens (including phenoxy) is 2. The van der Waals surface area contributed by atoms with Crippen molar-refractivity contribution in [3.63, 3.8) is 0 Å². The number of rotatable bonds is 10. The lowest BCUT2D eigenvalue weighted by atomic mass is 9.98. The summed E-state index contributed by atoms with van der Waals surface area (Å²) in [5.41, 5.74) is 4.36. The number of carbonyl (C=O) groups is 4. The number of alkyl carbamates (subject to hydrolysis) is 1. The number of nitrogens with one attached hydrogen (secondary N) is 3. The summed E-state index contributed by atoms with van der Waals surface area (Å²) in [6.45, 7) is 0.750. The van der Waals surface area contributed by atoms with Crippen LogP contribution in [0.5, 0.6) is 0 Å². The number of aliphatic carboxylic acids is 1. The highest BCUT2D eigenvalue weighted by Crippen LogP contribution is 2.44. The van der Waals surface area contributed by atoms with E-state index in [4.69, 9.17) is 14.6 Å². The topological polar surface area (TPSA) is 143 Å². The van der Waals surface area contributed by atoms with Gasteiger partial charge in [-0.05, 0) is 29.2 Å². The van der Waals surface area contributed by atoms with Crippen molar-refractivity contribution in [3.05, 3.63) is 59.7 Å². The molecule has 0 radical (unpaired) electrons. The minimum Gasteiger partial charge on any atom is -0.480 e. The molecule has 2 aromatic carbocycles. The van der Waals surface area contributed by atoms with E-state index in [-0.39, 0.29) is 12.5 Å². The summed E-state index contributed by atoms with van der Waals surface area (Å²) < 4.78 is 10.3. The molecule has 0 spiro atoms. The molecule has 4 N–H and O–H groups in total. The first kappa shape index (κ1) is 24.7. The molecule has 0 aliphatic heterocycles. The third kappa shape index (κ3) is 5.90. The minimum atomic E-state index is -1.26. The fraction of sp³-hybridized carbons (Fsp3) is 0.333. The molecule has 0 saturated carbocycles. The predicted octanol–water partition coefficient (Wildman–Crippen LogP) is 1.25. The van der Waals surface area contributed by atoms with E-state index in [1.54, 1.807) is 0 Å². The maximum Gasteiger partial charge on any atom is 0.407 e. The molecule has 3 rings (SSSR count). The van der Waals surface area contributed by atoms with Gasteiger partial charge < -0.3 is 30.5 Å². The summed E-state index contributed by atoms with van der Waals surface area (Å²) in [6, 6.07) is 14.6. The molecule has 1 aliphatic rings. The van der Waals surface area contributed by atoms with Gasteiger partial charge in [0.05, 0.1) is 12.6 Å². The van der Waals surface area contributed by atoms with Crippen LogP contribution in [0.4, 0.5) is 4.79 Å². The summed E-state index contributed by atoms with van der Waals surface area (Å²) >= 11 is 0. The van der Waals surface area contributed by atoms with Gasteiger partial charge in [0.1, 0.15) is 13.2 Å². The van der Waals surface area contributed by atoms with Crippen molar-refractivity contribution in [3.8, 4) is 11.1 Å². The van der Waals surface area contributed by atoms with Gasteiger partial charge in [-0.15, -0.1) is 0 Å². The third-order valence-corrected chi connectivity index (χ3v) is 5.61. The quantitative estimate of drug-likeness (QED) is 0.410. The van der Waals surface area contributed by atoms with E-state index in [0.717, 1.165) is 22.3 Å². The predicted molar refractivity (Wildman–Crippen MR) is 122 cm³/mol. The van der Waals surface area contributed by atoms with Crippen LogP contribution in [0, 0.1) is 0 Å². The number of amides is 3. The van der Waals surface area contributed by atoms with Crippen LogP contribution < -0.4 is 16.0 Å². The number of fused-ring (bicyclic) bond motifs is 3. The molecule has 0 bridgehead atoms. The second kappa shape index (κ2) is 11.3. The number of benzene rings is 2. The van der Waals surface area contributed by atoms with Gasteiger partial charge in [-0.3, -0.25) is 9.59 Å². The highest BCUT2D eigenvalue weighted by atomic mass is 16.5. The molecule has 0 fully saturated rings. The smallest absolute Gasteiger partial charge is 0.407 e. The van der Waals surface area contributed by atoms with Crippen LogP contribution in [0.25, 0.3) is 11.1 Å². The fourth-order valence-electron chi connectivity index (χ4n) is 3.78. The summed E-state index contributed by atoms with van der Waals surface area (Å²) in [4.78, 5) is 47.2. The molecule has 2 atom stereocenters. The largest absolute Gasteiger partial charge is 0.480 e. The Kier molecular flexibility index (Phi) is 8.20. The maximum absolute atomic E-state index is 12.1. The molecule has 10 heteroatoms. The molecule has 0 aromatic heterocycles. The second-order valence-electron chi connectivity index (χ2n) is 7.78. The van der Waals surface area contributed by atoms with E-state index in [0.29, 0.717) is 0 Å². The van der Waals surface area contributed by atoms with Gasteiger partial charge in [0, 0.05) is 13.0 Å². The first-order valence-electron chi connectivity index (χ1n) is 10.7. The summed E-state index contributed by atoms with van der Waals surface area (Å²) in [5, 5.41) is 16.1. The van der Waals surface area contributed by atoms with Crippen molar-refractivity contribution in [2.45, 2.75) is 25.0 Å². The monoisotopic (exact) mass is 469 g/mol. The number of carbonyl (C=O) groups excluding carboxylic acids is 3. The first-order valence-corrected chi connectivity index (χ1v) is 10.7. The van der Waals surface area contributed by atoms with Gasteiger partial charge >= 0.3 is 12.1 Å². The Morgan fingerprint density at radius 1 is 0.912 bits per heavy atom. The lowest BCUT2D eigenvalue weighted by Crippen LogP contribution is -2.51. The van der Waals surface area contributed by atoms with Crippen molar-refractivity contribution >= 4 is 23.9 Å². The molecule has 0 saturated heterocycles. The van der Waals surface area contributed by atoms with E-state index < -0.39 is 49.1 Å². The zero-order valence-corrected chi connectivity index (χ0v) is 18.9. The average Bonchev–Trinajstić information content (AvgIpc) is 3.16. The van der Waals surface area contributed by atoms with Crippen molar-refractivity contribution < 1.29 is 33.8 Å². The molecule has 2 unspecified atom stereocenters. The van der Waals surface area contributed by atoms with Crippen molar-refractivity contribution in [2.75, 3.05) is 26.8 Å². The second-order valence-corrected chi connectivity index (χ2v) is 7.78. The van der Waals surface area contributed by atoms with Gasteiger partial charge in [-0.1, -0.05) is 48.5 Å². The zero-order valence-electron chi connectivity index (χ0n) is 18.9. The molecule has 1 aliphatic carbocycles. The lowest BCUT2D eigenvalue weighted by molar-refractivity contribution is -0.145. The van der Waals surface area contributed by atoms with E-state index in [2.05, 4.69) is 16.0 Å². The van der Waals surface area contributed by atoms with Gasteiger partial charge in [0.15, 0.2) is 6.04 Å². The van der Waals surface area contributed by atoms with Gasteiger partial charge in [0.2, 0.25) is 11.8 Å². The normalized spacial score (nSPS) is 13.7. The van der Waals surface area contributed by atoms with Crippen LogP contribution >= 0.6 is 0 Å². The Morgan fingerprint density at radius 2 is 1.47 bits per heavy atom. The van der Waals surface area contributed by atoms with E-state index in [1.165, 1.54) is 14.0 Å². The fourth-order valence-corrected chi connectivity index (χ4v) is 3.78. The number of carboxylic acids is 1. The zero-order chi connectivity index (χ0) is 24.7. The Hall–Kier alpha value is -3.92. The molecule has 3 amide bonds. The minimum absolute atomic E-state index is 0.104. The SMILES string of the molecule is COC(C)C(NC(=O)CNC(=O)CNC(=O)OCC1c2ccccc2-c2ccccc21)C(=O)O. The van der Waals surface area contributed by atoms with Crippen molar-refractivity contribution in [1.29, 1.82) is 0 Å². The van der Waals surface area contributed by atoms with Gasteiger partial charge in [-0.25, -0.2) is 9.59 Å². The number of hydrogen-bond acceptors (Lipinski definition) is 6. The molecule has 0 heterocycles. The average molecular weight is 469 g/mol. The molecular weight excluding hydrogens is 442 g/mol. The Bertz CT molecular complexity index is 1030. The summed E-state index contributed by atoms with van der Waals surface area (Å²) in [6.07, 6.45) is -1.52. The molecular formula is C24H27N3O7. The number of hydrogen-bond donors (Lipinski definition) is 4. The van der Waals surface area contributed by atoms with E-state index >= 15 is 0 Å². The highest BCUT2D eigenvalue weighted by molar-refractivity contribution is 5.89. The number of methoxy groups -OCH3 is 1. The standard InChI is InChI=1S/C24H27N3O7/c1-14(33-2)22(23(30)31)27-21(29)12-25-20(28)11-26-24(32)34-13-19-17-9-5-3-7-15(17)16-8-4-6-10-18(16)19/h3-10,14,19,22H,11-13H2,1-2H3,(H,25,28)(H,26,32)(H,27,29)(H,30,31). The lowest BCUT2D eigenvalue weighted by Gasteiger charge is -2.20. The Labute approximate surface area is 196 Å². The van der Waals surface area contributed by atoms with Crippen LogP contribution in [0.3, 0.4) is 0 Å². The third-order valence-electron chi connectivity index (χ3n) is 5.61. The van der Waals surface area contributed by atoms with E-state index in [1.807, 2.05) is 48.5 Å². The summed E-state index contributed by atoms with van der Waals surface area (Å²) in [5.74, 6) is -2.69. The van der Waals surface area contributed by atoms with Gasteiger partial charge in [-0.2, -0.15) is 0 Å². The van der Waals surface area contributed by atoms with Crippen molar-refractivity contribution in [2.24, 2.45) is 0 Å². The molecule has 2 aromatic rings. The first-order chi connectivity index (χ1) is 16.3. The number of carboxylic acid groups (broad SMARTS) is 1.